The molecule has 0 saturated carbocycles. The van der Waals surface area contributed by atoms with Crippen molar-refractivity contribution in [2.24, 2.45) is 0 Å². The van der Waals surface area contributed by atoms with Crippen molar-refractivity contribution >= 4 is 0 Å². The minimum atomic E-state index is 0.509. The summed E-state index contributed by atoms with van der Waals surface area (Å²) in [5, 5.41) is 0. The summed E-state index contributed by atoms with van der Waals surface area (Å²) < 4.78 is 5.56. The van der Waals surface area contributed by atoms with Crippen molar-refractivity contribution in [2.45, 2.75) is 65.3 Å². The van der Waals surface area contributed by atoms with Crippen molar-refractivity contribution in [2.75, 3.05) is 6.54 Å². The van der Waals surface area contributed by atoms with Crippen LogP contribution >= 0.6 is 0 Å². The van der Waals surface area contributed by atoms with Gasteiger partial charge in [0.1, 0.15) is 0 Å². The number of hydrogen-bond donors (Lipinski definition) is 0. The number of epoxide rings is 1. The predicted molar refractivity (Wildman–Crippen MR) is 55.9 cm³/mol. The molecule has 13 heavy (non-hydrogen) atoms. The Balaban J connectivity index is 2.32. The van der Waals surface area contributed by atoms with Crippen LogP contribution in [0.3, 0.4) is 0 Å². The van der Waals surface area contributed by atoms with Crippen LogP contribution in [0.1, 0.15) is 41.0 Å². The molecule has 1 aliphatic rings. The lowest BCUT2D eigenvalue weighted by atomic mass is 10.2. The SMILES string of the molecule is CCC1OC1CN(C(C)C)C(C)C. The van der Waals surface area contributed by atoms with Gasteiger partial charge in [-0.25, -0.2) is 0 Å². The van der Waals surface area contributed by atoms with E-state index < -0.39 is 0 Å². The van der Waals surface area contributed by atoms with Crippen LogP contribution in [0.2, 0.25) is 0 Å². The molecule has 0 aromatic carbocycles. The number of rotatable bonds is 5. The van der Waals surface area contributed by atoms with E-state index in [1.165, 1.54) is 0 Å². The Kier molecular flexibility index (Phi) is 3.74. The van der Waals surface area contributed by atoms with Gasteiger partial charge in [-0.15, -0.1) is 0 Å². The minimum Gasteiger partial charge on any atom is -0.368 e. The smallest absolute Gasteiger partial charge is 0.0968 e. The highest BCUT2D eigenvalue weighted by Crippen LogP contribution is 2.26. The summed E-state index contributed by atoms with van der Waals surface area (Å²) in [5.41, 5.74) is 0. The zero-order chi connectivity index (χ0) is 10.0. The van der Waals surface area contributed by atoms with Gasteiger partial charge in [0, 0.05) is 18.6 Å². The van der Waals surface area contributed by atoms with Crippen molar-refractivity contribution in [3.05, 3.63) is 0 Å². The summed E-state index contributed by atoms with van der Waals surface area (Å²) in [5.74, 6) is 0. The average molecular weight is 185 g/mol. The quantitative estimate of drug-likeness (QED) is 0.611. The first-order valence-corrected chi connectivity index (χ1v) is 5.47. The molecular formula is C11H23NO. The van der Waals surface area contributed by atoms with Gasteiger partial charge >= 0.3 is 0 Å². The molecule has 0 N–H and O–H groups in total. The van der Waals surface area contributed by atoms with E-state index >= 15 is 0 Å². The molecule has 0 radical (unpaired) electrons. The molecule has 78 valence electrons. The fourth-order valence-electron chi connectivity index (χ4n) is 1.92. The highest BCUT2D eigenvalue weighted by Gasteiger charge is 2.38. The first-order chi connectivity index (χ1) is 6.06. The van der Waals surface area contributed by atoms with E-state index in [2.05, 4.69) is 39.5 Å². The monoisotopic (exact) mass is 185 g/mol. The molecule has 2 atom stereocenters. The van der Waals surface area contributed by atoms with Crippen LogP contribution in [0.15, 0.2) is 0 Å². The van der Waals surface area contributed by atoms with Crippen LogP contribution in [-0.4, -0.2) is 35.7 Å². The second kappa shape index (κ2) is 4.43. The molecule has 1 aliphatic heterocycles. The van der Waals surface area contributed by atoms with Gasteiger partial charge in [-0.05, 0) is 34.1 Å². The molecule has 2 unspecified atom stereocenters. The summed E-state index contributed by atoms with van der Waals surface area (Å²) in [6.45, 7) is 12.3. The third-order valence-electron chi connectivity index (χ3n) is 2.81. The van der Waals surface area contributed by atoms with Gasteiger partial charge in [0.15, 0.2) is 0 Å². The maximum atomic E-state index is 5.56. The fourth-order valence-corrected chi connectivity index (χ4v) is 1.92. The molecule has 2 heteroatoms. The summed E-state index contributed by atoms with van der Waals surface area (Å²) >= 11 is 0. The fraction of sp³-hybridized carbons (Fsp3) is 1.00. The molecule has 0 aromatic heterocycles. The van der Waals surface area contributed by atoms with Gasteiger partial charge in [0.25, 0.3) is 0 Å². The zero-order valence-electron chi connectivity index (χ0n) is 9.58. The standard InChI is InChI=1S/C11H23NO/c1-6-10-11(13-10)7-12(8(2)3)9(4)5/h8-11H,6-7H2,1-5H3. The van der Waals surface area contributed by atoms with Crippen LogP contribution in [0.4, 0.5) is 0 Å². The predicted octanol–water partition coefficient (Wildman–Crippen LogP) is 2.28. The lowest BCUT2D eigenvalue weighted by molar-refractivity contribution is 0.158. The Bertz CT molecular complexity index is 148. The van der Waals surface area contributed by atoms with Crippen LogP contribution < -0.4 is 0 Å². The third-order valence-corrected chi connectivity index (χ3v) is 2.81. The molecule has 0 spiro atoms. The van der Waals surface area contributed by atoms with Crippen LogP contribution in [0.25, 0.3) is 0 Å². The Morgan fingerprint density at radius 3 is 1.92 bits per heavy atom. The molecular weight excluding hydrogens is 162 g/mol. The molecule has 1 rings (SSSR count). The van der Waals surface area contributed by atoms with Crippen molar-refractivity contribution in [3.63, 3.8) is 0 Å². The van der Waals surface area contributed by atoms with Crippen molar-refractivity contribution in [3.8, 4) is 0 Å². The molecule has 1 fully saturated rings. The Hall–Kier alpha value is -0.0800. The molecule has 2 nitrogen and oxygen atoms in total. The summed E-state index contributed by atoms with van der Waals surface area (Å²) in [7, 11) is 0. The summed E-state index contributed by atoms with van der Waals surface area (Å²) in [6.07, 6.45) is 2.21. The lowest BCUT2D eigenvalue weighted by Crippen LogP contribution is -2.40. The Morgan fingerprint density at radius 2 is 1.62 bits per heavy atom. The molecule has 0 amide bonds. The molecule has 0 aliphatic carbocycles. The van der Waals surface area contributed by atoms with Crippen molar-refractivity contribution in [1.29, 1.82) is 0 Å². The number of ether oxygens (including phenoxy) is 1. The van der Waals surface area contributed by atoms with E-state index in [-0.39, 0.29) is 0 Å². The molecule has 1 saturated heterocycles. The number of hydrogen-bond acceptors (Lipinski definition) is 2. The Morgan fingerprint density at radius 1 is 1.08 bits per heavy atom. The maximum absolute atomic E-state index is 5.56. The lowest BCUT2D eigenvalue weighted by Gasteiger charge is -2.29. The second-order valence-electron chi connectivity index (χ2n) is 4.51. The summed E-state index contributed by atoms with van der Waals surface area (Å²) in [6, 6.07) is 1.25. The maximum Gasteiger partial charge on any atom is 0.0968 e. The second-order valence-corrected chi connectivity index (χ2v) is 4.51. The van der Waals surface area contributed by atoms with Crippen molar-refractivity contribution < 1.29 is 4.74 Å². The summed E-state index contributed by atoms with van der Waals surface area (Å²) in [4.78, 5) is 2.50. The average Bonchev–Trinajstić information content (AvgIpc) is 2.77. The van der Waals surface area contributed by atoms with E-state index in [4.69, 9.17) is 4.74 Å². The zero-order valence-corrected chi connectivity index (χ0v) is 9.58. The Labute approximate surface area is 82.3 Å². The van der Waals surface area contributed by atoms with Crippen molar-refractivity contribution in [1.82, 2.24) is 4.90 Å². The molecule has 1 heterocycles. The van der Waals surface area contributed by atoms with E-state index in [1.807, 2.05) is 0 Å². The van der Waals surface area contributed by atoms with Gasteiger partial charge in [-0.2, -0.15) is 0 Å². The number of nitrogens with zero attached hydrogens (tertiary/aromatic N) is 1. The van der Waals surface area contributed by atoms with E-state index in [9.17, 15) is 0 Å². The van der Waals surface area contributed by atoms with E-state index in [0.29, 0.717) is 24.3 Å². The highest BCUT2D eigenvalue weighted by atomic mass is 16.6. The topological polar surface area (TPSA) is 15.8 Å². The van der Waals surface area contributed by atoms with Crippen LogP contribution in [-0.2, 0) is 4.74 Å². The normalized spacial score (nSPS) is 27.7. The largest absolute Gasteiger partial charge is 0.368 e. The van der Waals surface area contributed by atoms with Gasteiger partial charge < -0.3 is 4.74 Å². The molecule has 0 bridgehead atoms. The molecule has 0 aromatic rings. The van der Waals surface area contributed by atoms with Gasteiger partial charge in [0.2, 0.25) is 0 Å². The van der Waals surface area contributed by atoms with Crippen LogP contribution in [0, 0.1) is 0 Å². The third kappa shape index (κ3) is 2.96. The minimum absolute atomic E-state index is 0.509. The first-order valence-electron chi connectivity index (χ1n) is 5.47. The van der Waals surface area contributed by atoms with E-state index in [0.717, 1.165) is 13.0 Å². The van der Waals surface area contributed by atoms with Gasteiger partial charge in [-0.3, -0.25) is 4.90 Å². The van der Waals surface area contributed by atoms with Crippen LogP contribution in [0.5, 0.6) is 0 Å². The first kappa shape index (κ1) is 11.0. The van der Waals surface area contributed by atoms with Gasteiger partial charge in [0.05, 0.1) is 12.2 Å². The van der Waals surface area contributed by atoms with E-state index in [1.54, 1.807) is 0 Å². The van der Waals surface area contributed by atoms with Gasteiger partial charge in [-0.1, -0.05) is 6.92 Å². The highest BCUT2D eigenvalue weighted by molar-refractivity contribution is 4.87.